The van der Waals surface area contributed by atoms with Gasteiger partial charge < -0.3 is 20.1 Å². The van der Waals surface area contributed by atoms with Crippen LogP contribution < -0.4 is 15.4 Å². The zero-order chi connectivity index (χ0) is 16.1. The summed E-state index contributed by atoms with van der Waals surface area (Å²) < 4.78 is 10.8. The van der Waals surface area contributed by atoms with Crippen molar-refractivity contribution in [3.05, 3.63) is 35.5 Å². The van der Waals surface area contributed by atoms with E-state index >= 15 is 0 Å². The lowest BCUT2D eigenvalue weighted by Crippen LogP contribution is -2.30. The molecule has 1 atom stereocenters. The van der Waals surface area contributed by atoms with Gasteiger partial charge in [-0.25, -0.2) is 4.98 Å². The van der Waals surface area contributed by atoms with E-state index in [0.29, 0.717) is 29.1 Å². The van der Waals surface area contributed by atoms with Gasteiger partial charge in [0.2, 0.25) is 5.95 Å². The molecule has 0 amide bonds. The maximum atomic E-state index is 6.19. The van der Waals surface area contributed by atoms with Crippen molar-refractivity contribution in [1.29, 1.82) is 0 Å². The lowest BCUT2D eigenvalue weighted by atomic mass is 10.1. The van der Waals surface area contributed by atoms with E-state index in [9.17, 15) is 0 Å². The highest BCUT2D eigenvalue weighted by molar-refractivity contribution is 6.32. The summed E-state index contributed by atoms with van der Waals surface area (Å²) in [6.45, 7) is 1.47. The minimum absolute atomic E-state index is 0.213. The SMILES string of the molecule is COc1c[c]ccc1Nc1ncc(Cl)c(NC2CCCOC2)n1. The first kappa shape index (κ1) is 15.8. The molecule has 3 rings (SSSR count). The minimum Gasteiger partial charge on any atom is -0.495 e. The van der Waals surface area contributed by atoms with Crippen LogP contribution in [0.2, 0.25) is 5.02 Å². The lowest BCUT2D eigenvalue weighted by molar-refractivity contribution is 0.0875. The lowest BCUT2D eigenvalue weighted by Gasteiger charge is -2.24. The fourth-order valence-electron chi connectivity index (χ4n) is 2.38. The van der Waals surface area contributed by atoms with Crippen molar-refractivity contribution in [2.75, 3.05) is 31.0 Å². The average Bonchev–Trinajstić information content (AvgIpc) is 2.59. The molecule has 0 saturated carbocycles. The summed E-state index contributed by atoms with van der Waals surface area (Å²) in [6.07, 6.45) is 3.64. The molecule has 1 radical (unpaired) electrons. The summed E-state index contributed by atoms with van der Waals surface area (Å²) in [4.78, 5) is 8.66. The van der Waals surface area contributed by atoms with Crippen LogP contribution in [0.4, 0.5) is 17.5 Å². The highest BCUT2D eigenvalue weighted by Crippen LogP contribution is 2.27. The van der Waals surface area contributed by atoms with Gasteiger partial charge in [0.1, 0.15) is 10.8 Å². The van der Waals surface area contributed by atoms with E-state index in [-0.39, 0.29) is 6.04 Å². The van der Waals surface area contributed by atoms with Crippen LogP contribution in [-0.4, -0.2) is 36.3 Å². The van der Waals surface area contributed by atoms with E-state index in [2.05, 4.69) is 26.7 Å². The van der Waals surface area contributed by atoms with Crippen molar-refractivity contribution in [3.63, 3.8) is 0 Å². The Morgan fingerprint density at radius 2 is 2.39 bits per heavy atom. The summed E-state index contributed by atoms with van der Waals surface area (Å²) in [5.74, 6) is 1.71. The monoisotopic (exact) mass is 333 g/mol. The van der Waals surface area contributed by atoms with Crippen LogP contribution in [-0.2, 0) is 4.74 Å². The number of benzene rings is 1. The Morgan fingerprint density at radius 1 is 1.48 bits per heavy atom. The quantitative estimate of drug-likeness (QED) is 0.875. The fourth-order valence-corrected chi connectivity index (χ4v) is 2.53. The van der Waals surface area contributed by atoms with Crippen molar-refractivity contribution < 1.29 is 9.47 Å². The molecule has 6 nitrogen and oxygen atoms in total. The standard InChI is InChI=1S/C16H18ClN4O2/c1-22-14-7-3-2-6-13(14)20-16-18-9-12(17)15(21-16)19-11-5-4-8-23-10-11/h2,6-7,9,11H,4-5,8,10H2,1H3,(H2,18,19,20,21). The van der Waals surface area contributed by atoms with Gasteiger partial charge in [0.15, 0.2) is 5.82 Å². The topological polar surface area (TPSA) is 68.3 Å². The number of aromatic nitrogens is 2. The number of nitrogens with one attached hydrogen (secondary N) is 2. The molecule has 1 aromatic carbocycles. The smallest absolute Gasteiger partial charge is 0.229 e. The van der Waals surface area contributed by atoms with Gasteiger partial charge in [-0.15, -0.1) is 0 Å². The third kappa shape index (κ3) is 4.03. The number of hydrogen-bond acceptors (Lipinski definition) is 6. The molecule has 1 unspecified atom stereocenters. The summed E-state index contributed by atoms with van der Waals surface area (Å²) in [5, 5.41) is 6.93. The number of rotatable bonds is 5. The molecule has 7 heteroatoms. The number of nitrogens with zero attached hydrogens (tertiary/aromatic N) is 2. The second kappa shape index (κ2) is 7.48. The van der Waals surface area contributed by atoms with E-state index in [1.54, 1.807) is 25.4 Å². The predicted octanol–water partition coefficient (Wildman–Crippen LogP) is 3.27. The van der Waals surface area contributed by atoms with Crippen molar-refractivity contribution >= 4 is 29.1 Å². The Labute approximate surface area is 140 Å². The highest BCUT2D eigenvalue weighted by atomic mass is 35.5. The largest absolute Gasteiger partial charge is 0.495 e. The third-order valence-corrected chi connectivity index (χ3v) is 3.81. The minimum atomic E-state index is 0.213. The Bertz CT molecular complexity index is 662. The van der Waals surface area contributed by atoms with Gasteiger partial charge in [0, 0.05) is 6.61 Å². The zero-order valence-electron chi connectivity index (χ0n) is 12.8. The molecule has 1 aliphatic heterocycles. The van der Waals surface area contributed by atoms with E-state index in [4.69, 9.17) is 21.1 Å². The fraction of sp³-hybridized carbons (Fsp3) is 0.375. The van der Waals surface area contributed by atoms with Gasteiger partial charge in [0.25, 0.3) is 0 Å². The van der Waals surface area contributed by atoms with E-state index in [1.165, 1.54) is 0 Å². The van der Waals surface area contributed by atoms with Crippen LogP contribution in [0.15, 0.2) is 24.4 Å². The molecule has 0 bridgehead atoms. The Kier molecular flexibility index (Phi) is 5.15. The maximum absolute atomic E-state index is 6.19. The Balaban J connectivity index is 1.76. The maximum Gasteiger partial charge on any atom is 0.229 e. The van der Waals surface area contributed by atoms with Gasteiger partial charge in [-0.2, -0.15) is 4.98 Å². The van der Waals surface area contributed by atoms with Gasteiger partial charge in [0.05, 0.1) is 31.6 Å². The highest BCUT2D eigenvalue weighted by Gasteiger charge is 2.16. The third-order valence-electron chi connectivity index (χ3n) is 3.54. The van der Waals surface area contributed by atoms with Gasteiger partial charge in [-0.05, 0) is 31.0 Å². The molecule has 121 valence electrons. The van der Waals surface area contributed by atoms with Crippen LogP contribution in [0.5, 0.6) is 5.75 Å². The van der Waals surface area contributed by atoms with E-state index < -0.39 is 0 Å². The molecule has 0 aliphatic carbocycles. The first-order valence-electron chi connectivity index (χ1n) is 7.44. The number of halogens is 1. The summed E-state index contributed by atoms with van der Waals surface area (Å²) >= 11 is 6.19. The van der Waals surface area contributed by atoms with Crippen molar-refractivity contribution in [3.8, 4) is 5.75 Å². The van der Waals surface area contributed by atoms with Gasteiger partial charge in [-0.1, -0.05) is 17.7 Å². The van der Waals surface area contributed by atoms with E-state index in [0.717, 1.165) is 25.1 Å². The summed E-state index contributed by atoms with van der Waals surface area (Å²) in [6, 6.07) is 8.56. The molecule has 1 aromatic heterocycles. The zero-order valence-corrected chi connectivity index (χ0v) is 13.6. The number of methoxy groups -OCH3 is 1. The van der Waals surface area contributed by atoms with Gasteiger partial charge >= 0.3 is 0 Å². The summed E-state index contributed by atoms with van der Waals surface area (Å²) in [5.41, 5.74) is 0.764. The number of anilines is 3. The van der Waals surface area contributed by atoms with Crippen LogP contribution in [0.25, 0.3) is 0 Å². The summed E-state index contributed by atoms with van der Waals surface area (Å²) in [7, 11) is 1.60. The molecular formula is C16H18ClN4O2. The van der Waals surface area contributed by atoms with Crippen LogP contribution in [0.3, 0.4) is 0 Å². The average molecular weight is 334 g/mol. The second-order valence-electron chi connectivity index (χ2n) is 5.20. The van der Waals surface area contributed by atoms with Crippen LogP contribution in [0.1, 0.15) is 12.8 Å². The number of ether oxygens (including phenoxy) is 2. The molecule has 2 aromatic rings. The molecule has 0 spiro atoms. The molecular weight excluding hydrogens is 316 g/mol. The van der Waals surface area contributed by atoms with Crippen LogP contribution in [0, 0.1) is 6.07 Å². The second-order valence-corrected chi connectivity index (χ2v) is 5.61. The molecule has 1 aliphatic rings. The van der Waals surface area contributed by atoms with Crippen molar-refractivity contribution in [2.24, 2.45) is 0 Å². The molecule has 2 N–H and O–H groups in total. The molecule has 2 heterocycles. The number of hydrogen-bond donors (Lipinski definition) is 2. The first-order chi connectivity index (χ1) is 11.3. The van der Waals surface area contributed by atoms with Crippen LogP contribution >= 0.6 is 11.6 Å². The Morgan fingerprint density at radius 3 is 3.17 bits per heavy atom. The molecule has 1 saturated heterocycles. The predicted molar refractivity (Wildman–Crippen MR) is 89.6 cm³/mol. The normalized spacial score (nSPS) is 17.6. The van der Waals surface area contributed by atoms with Gasteiger partial charge in [-0.3, -0.25) is 0 Å². The molecule has 1 fully saturated rings. The Hall–Kier alpha value is -2.05. The molecule has 23 heavy (non-hydrogen) atoms. The first-order valence-corrected chi connectivity index (χ1v) is 7.82. The van der Waals surface area contributed by atoms with Crippen molar-refractivity contribution in [1.82, 2.24) is 9.97 Å². The van der Waals surface area contributed by atoms with Crippen molar-refractivity contribution in [2.45, 2.75) is 18.9 Å². The van der Waals surface area contributed by atoms with E-state index in [1.807, 2.05) is 6.07 Å².